The first-order valence-corrected chi connectivity index (χ1v) is 9.70. The van der Waals surface area contributed by atoms with Gasteiger partial charge >= 0.3 is 0 Å². The molecule has 1 saturated carbocycles. The molecule has 5 heteroatoms. The van der Waals surface area contributed by atoms with Crippen LogP contribution >= 0.6 is 0 Å². The smallest absolute Gasteiger partial charge is 0.255 e. The van der Waals surface area contributed by atoms with Crippen LogP contribution in [0.4, 0.5) is 0 Å². The highest BCUT2D eigenvalue weighted by Crippen LogP contribution is 2.29. The molecule has 0 atom stereocenters. The standard InChI is InChI=1S/C20H32N2O3/c1-14-15(2)25-16(3)18(14)19(23)21-17-7-11-22(12-8-17)13-20(24)9-5-4-6-10-20/h17,24H,4-13H2,1-3H3,(H,21,23). The van der Waals surface area contributed by atoms with Crippen LogP contribution in [0.2, 0.25) is 0 Å². The average molecular weight is 348 g/mol. The summed E-state index contributed by atoms with van der Waals surface area (Å²) in [4.78, 5) is 15.0. The third-order valence-corrected chi connectivity index (χ3v) is 6.01. The zero-order chi connectivity index (χ0) is 18.0. The predicted molar refractivity (Wildman–Crippen MR) is 97.9 cm³/mol. The minimum Gasteiger partial charge on any atom is -0.466 e. The highest BCUT2D eigenvalue weighted by molar-refractivity contribution is 5.97. The predicted octanol–water partition coefficient (Wildman–Crippen LogP) is 3.09. The van der Waals surface area contributed by atoms with Gasteiger partial charge in [-0.25, -0.2) is 0 Å². The Morgan fingerprint density at radius 1 is 1.16 bits per heavy atom. The number of hydrogen-bond donors (Lipinski definition) is 2. The number of hydrogen-bond acceptors (Lipinski definition) is 4. The molecule has 1 aliphatic carbocycles. The second kappa shape index (κ2) is 7.50. The maximum absolute atomic E-state index is 12.6. The van der Waals surface area contributed by atoms with Crippen LogP contribution < -0.4 is 5.32 Å². The lowest BCUT2D eigenvalue weighted by Crippen LogP contribution is -2.50. The molecule has 0 radical (unpaired) electrons. The van der Waals surface area contributed by atoms with Gasteiger partial charge in [-0.05, 0) is 46.5 Å². The number of aliphatic hydroxyl groups is 1. The Kier molecular flexibility index (Phi) is 5.54. The molecule has 3 rings (SSSR count). The van der Waals surface area contributed by atoms with Crippen molar-refractivity contribution >= 4 is 5.91 Å². The monoisotopic (exact) mass is 348 g/mol. The second-order valence-corrected chi connectivity index (χ2v) is 8.02. The highest BCUT2D eigenvalue weighted by Gasteiger charge is 2.33. The van der Waals surface area contributed by atoms with Gasteiger partial charge in [-0.2, -0.15) is 0 Å². The van der Waals surface area contributed by atoms with Crippen molar-refractivity contribution in [1.82, 2.24) is 10.2 Å². The topological polar surface area (TPSA) is 65.7 Å². The van der Waals surface area contributed by atoms with E-state index in [1.54, 1.807) is 0 Å². The van der Waals surface area contributed by atoms with Gasteiger partial charge < -0.3 is 19.7 Å². The van der Waals surface area contributed by atoms with Crippen molar-refractivity contribution in [2.24, 2.45) is 0 Å². The Morgan fingerprint density at radius 2 is 1.80 bits per heavy atom. The summed E-state index contributed by atoms with van der Waals surface area (Å²) in [6, 6.07) is 0.207. The number of carbonyl (C=O) groups excluding carboxylic acids is 1. The number of furan rings is 1. The zero-order valence-corrected chi connectivity index (χ0v) is 15.9. The number of likely N-dealkylation sites (tertiary alicyclic amines) is 1. The van der Waals surface area contributed by atoms with Crippen molar-refractivity contribution in [2.45, 2.75) is 77.4 Å². The Balaban J connectivity index is 1.50. The van der Waals surface area contributed by atoms with Gasteiger partial charge in [0.25, 0.3) is 5.91 Å². The summed E-state index contributed by atoms with van der Waals surface area (Å²) in [5.41, 5.74) is 1.14. The van der Waals surface area contributed by atoms with Gasteiger partial charge in [0.2, 0.25) is 0 Å². The molecule has 1 saturated heterocycles. The largest absolute Gasteiger partial charge is 0.466 e. The van der Waals surface area contributed by atoms with Gasteiger partial charge in [0.15, 0.2) is 0 Å². The summed E-state index contributed by atoms with van der Waals surface area (Å²) in [7, 11) is 0. The van der Waals surface area contributed by atoms with E-state index in [1.165, 1.54) is 6.42 Å². The minimum atomic E-state index is -0.489. The zero-order valence-electron chi connectivity index (χ0n) is 15.9. The molecule has 140 valence electrons. The summed E-state index contributed by atoms with van der Waals surface area (Å²) in [6.07, 6.45) is 7.29. The number of piperidine rings is 1. The van der Waals surface area contributed by atoms with Crippen LogP contribution in [0, 0.1) is 20.8 Å². The highest BCUT2D eigenvalue weighted by atomic mass is 16.3. The quantitative estimate of drug-likeness (QED) is 0.877. The molecule has 0 unspecified atom stereocenters. The van der Waals surface area contributed by atoms with Crippen molar-refractivity contribution in [3.05, 3.63) is 22.6 Å². The number of aryl methyl sites for hydroxylation is 2. The van der Waals surface area contributed by atoms with E-state index in [0.717, 1.165) is 69.5 Å². The maximum Gasteiger partial charge on any atom is 0.255 e. The molecule has 1 amide bonds. The van der Waals surface area contributed by atoms with E-state index in [2.05, 4.69) is 10.2 Å². The van der Waals surface area contributed by atoms with E-state index in [1.807, 2.05) is 20.8 Å². The van der Waals surface area contributed by atoms with Crippen molar-refractivity contribution < 1.29 is 14.3 Å². The van der Waals surface area contributed by atoms with Gasteiger partial charge in [-0.3, -0.25) is 4.79 Å². The third kappa shape index (κ3) is 4.26. The summed E-state index contributed by atoms with van der Waals surface area (Å²) >= 11 is 0. The first-order chi connectivity index (χ1) is 11.9. The molecule has 2 heterocycles. The molecule has 1 aliphatic heterocycles. The number of amides is 1. The Labute approximate surface area is 150 Å². The summed E-state index contributed by atoms with van der Waals surface area (Å²) in [5, 5.41) is 13.9. The minimum absolute atomic E-state index is 0.0174. The first kappa shape index (κ1) is 18.5. The van der Waals surface area contributed by atoms with Crippen LogP contribution in [0.25, 0.3) is 0 Å². The van der Waals surface area contributed by atoms with Gasteiger partial charge in [0.05, 0.1) is 11.2 Å². The van der Waals surface area contributed by atoms with Crippen molar-refractivity contribution in [3.63, 3.8) is 0 Å². The Morgan fingerprint density at radius 3 is 2.36 bits per heavy atom. The van der Waals surface area contributed by atoms with E-state index >= 15 is 0 Å². The summed E-state index contributed by atoms with van der Waals surface area (Å²) in [6.45, 7) is 8.35. The van der Waals surface area contributed by atoms with E-state index in [-0.39, 0.29) is 11.9 Å². The van der Waals surface area contributed by atoms with Gasteiger partial charge in [-0.15, -0.1) is 0 Å². The van der Waals surface area contributed by atoms with Crippen LogP contribution in [-0.2, 0) is 0 Å². The molecule has 2 fully saturated rings. The third-order valence-electron chi connectivity index (χ3n) is 6.01. The molecule has 1 aromatic heterocycles. The molecule has 0 bridgehead atoms. The van der Waals surface area contributed by atoms with Crippen molar-refractivity contribution in [1.29, 1.82) is 0 Å². The van der Waals surface area contributed by atoms with Gasteiger partial charge in [0.1, 0.15) is 11.5 Å². The molecule has 0 spiro atoms. The van der Waals surface area contributed by atoms with Crippen LogP contribution in [-0.4, -0.2) is 47.2 Å². The summed E-state index contributed by atoms with van der Waals surface area (Å²) in [5.74, 6) is 1.50. The van der Waals surface area contributed by atoms with E-state index in [9.17, 15) is 9.90 Å². The average Bonchev–Trinajstić information content (AvgIpc) is 2.82. The maximum atomic E-state index is 12.6. The molecule has 2 N–H and O–H groups in total. The molecule has 2 aliphatic rings. The second-order valence-electron chi connectivity index (χ2n) is 8.02. The van der Waals surface area contributed by atoms with E-state index < -0.39 is 5.60 Å². The number of rotatable bonds is 4. The molecule has 25 heavy (non-hydrogen) atoms. The molecule has 5 nitrogen and oxygen atoms in total. The Hall–Kier alpha value is -1.33. The summed E-state index contributed by atoms with van der Waals surface area (Å²) < 4.78 is 5.57. The lowest BCUT2D eigenvalue weighted by Gasteiger charge is -2.40. The fraction of sp³-hybridized carbons (Fsp3) is 0.750. The van der Waals surface area contributed by atoms with Crippen LogP contribution in [0.15, 0.2) is 4.42 Å². The van der Waals surface area contributed by atoms with Crippen LogP contribution in [0.3, 0.4) is 0 Å². The van der Waals surface area contributed by atoms with Crippen LogP contribution in [0.1, 0.15) is 72.4 Å². The number of nitrogens with one attached hydrogen (secondary N) is 1. The van der Waals surface area contributed by atoms with E-state index in [4.69, 9.17) is 4.42 Å². The fourth-order valence-corrected chi connectivity index (χ4v) is 4.40. The first-order valence-electron chi connectivity index (χ1n) is 9.70. The molecule has 1 aromatic rings. The van der Waals surface area contributed by atoms with Crippen molar-refractivity contribution in [3.8, 4) is 0 Å². The molecular weight excluding hydrogens is 316 g/mol. The van der Waals surface area contributed by atoms with E-state index in [0.29, 0.717) is 11.3 Å². The van der Waals surface area contributed by atoms with Crippen LogP contribution in [0.5, 0.6) is 0 Å². The van der Waals surface area contributed by atoms with Gasteiger partial charge in [-0.1, -0.05) is 19.3 Å². The number of β-amino-alcohol motifs (C(OH)–C–C–N with tert-alkyl or cyclic N) is 1. The molecular formula is C20H32N2O3. The number of carbonyl (C=O) groups is 1. The SMILES string of the molecule is Cc1oc(C)c(C(=O)NC2CCN(CC3(O)CCCCC3)CC2)c1C. The fourth-order valence-electron chi connectivity index (χ4n) is 4.40. The lowest BCUT2D eigenvalue weighted by atomic mass is 9.84. The van der Waals surface area contributed by atoms with Crippen molar-refractivity contribution in [2.75, 3.05) is 19.6 Å². The van der Waals surface area contributed by atoms with Gasteiger partial charge in [0, 0.05) is 31.2 Å². The normalized spacial score (nSPS) is 22.1. The lowest BCUT2D eigenvalue weighted by molar-refractivity contribution is -0.0312. The Bertz CT molecular complexity index is 609. The number of nitrogens with zero attached hydrogens (tertiary/aromatic N) is 1. The molecule has 0 aromatic carbocycles.